The van der Waals surface area contributed by atoms with Crippen molar-refractivity contribution >= 4 is 11.9 Å². The van der Waals surface area contributed by atoms with Gasteiger partial charge in [-0.2, -0.15) is 0 Å². The maximum absolute atomic E-state index is 12.1. The molecule has 0 radical (unpaired) electrons. The first-order valence-corrected chi connectivity index (χ1v) is 8.03. The van der Waals surface area contributed by atoms with Gasteiger partial charge in [-0.25, -0.2) is 0 Å². The average molecular weight is 262 g/mol. The Balaban J connectivity index is 1.74. The Labute approximate surface area is 114 Å². The fraction of sp³-hybridized carbons (Fsp3) is 0.875. The second kappa shape index (κ2) is 4.32. The summed E-state index contributed by atoms with van der Waals surface area (Å²) in [6.45, 7) is 0. The van der Waals surface area contributed by atoms with E-state index in [0.717, 1.165) is 12.8 Å². The molecule has 3 heteroatoms. The third-order valence-corrected chi connectivity index (χ3v) is 6.35. The van der Waals surface area contributed by atoms with Gasteiger partial charge in [0.2, 0.25) is 0 Å². The van der Waals surface area contributed by atoms with Crippen LogP contribution in [0.25, 0.3) is 0 Å². The molecule has 104 valence electrons. The van der Waals surface area contributed by atoms with E-state index in [9.17, 15) is 9.59 Å². The molecule has 1 saturated heterocycles. The Kier molecular flexibility index (Phi) is 2.71. The van der Waals surface area contributed by atoms with Gasteiger partial charge in [0.1, 0.15) is 0 Å². The minimum absolute atomic E-state index is 0.0860. The highest BCUT2D eigenvalue weighted by Crippen LogP contribution is 2.58. The van der Waals surface area contributed by atoms with Crippen LogP contribution in [0.1, 0.15) is 51.4 Å². The third kappa shape index (κ3) is 1.63. The van der Waals surface area contributed by atoms with Crippen molar-refractivity contribution in [2.45, 2.75) is 51.4 Å². The summed E-state index contributed by atoms with van der Waals surface area (Å²) in [5.74, 6) is 1.70. The van der Waals surface area contributed by atoms with E-state index in [1.54, 1.807) is 0 Å². The van der Waals surface area contributed by atoms with Crippen molar-refractivity contribution in [2.75, 3.05) is 0 Å². The molecule has 4 fully saturated rings. The Morgan fingerprint density at radius 1 is 0.632 bits per heavy atom. The van der Waals surface area contributed by atoms with Gasteiger partial charge in [0, 0.05) is 0 Å². The summed E-state index contributed by atoms with van der Waals surface area (Å²) in [7, 11) is 0. The highest BCUT2D eigenvalue weighted by molar-refractivity contribution is 5.97. The minimum Gasteiger partial charge on any atom is -0.393 e. The quantitative estimate of drug-likeness (QED) is 0.498. The molecule has 1 aliphatic heterocycles. The molecule has 3 saturated carbocycles. The number of rotatable bonds is 0. The predicted octanol–water partition coefficient (Wildman–Crippen LogP) is 2.93. The lowest BCUT2D eigenvalue weighted by molar-refractivity contribution is -0.154. The van der Waals surface area contributed by atoms with E-state index in [1.165, 1.54) is 38.5 Å². The molecule has 4 rings (SSSR count). The normalized spacial score (nSPS) is 49.1. The van der Waals surface area contributed by atoms with Crippen molar-refractivity contribution in [3.05, 3.63) is 0 Å². The number of cyclic esters (lactones) is 2. The van der Waals surface area contributed by atoms with Crippen molar-refractivity contribution < 1.29 is 14.3 Å². The number of fused-ring (bicyclic) bond motifs is 6. The van der Waals surface area contributed by atoms with Crippen LogP contribution in [-0.4, -0.2) is 11.9 Å². The lowest BCUT2D eigenvalue weighted by Crippen LogP contribution is -2.49. The van der Waals surface area contributed by atoms with Gasteiger partial charge >= 0.3 is 11.9 Å². The highest BCUT2D eigenvalue weighted by Gasteiger charge is 2.60. The van der Waals surface area contributed by atoms with Crippen LogP contribution >= 0.6 is 0 Å². The zero-order chi connectivity index (χ0) is 13.0. The summed E-state index contributed by atoms with van der Waals surface area (Å²) in [6, 6.07) is 0. The summed E-state index contributed by atoms with van der Waals surface area (Å²) >= 11 is 0. The first-order chi connectivity index (χ1) is 9.27. The van der Waals surface area contributed by atoms with E-state index in [2.05, 4.69) is 0 Å². The maximum atomic E-state index is 12.1. The van der Waals surface area contributed by atoms with E-state index >= 15 is 0 Å². The Hall–Kier alpha value is -0.860. The second-order valence-corrected chi connectivity index (χ2v) is 7.02. The zero-order valence-electron chi connectivity index (χ0n) is 11.3. The van der Waals surface area contributed by atoms with E-state index < -0.39 is 0 Å². The largest absolute Gasteiger partial charge is 0.393 e. The van der Waals surface area contributed by atoms with Crippen molar-refractivity contribution in [1.29, 1.82) is 0 Å². The summed E-state index contributed by atoms with van der Waals surface area (Å²) in [5.41, 5.74) is 0. The number of esters is 2. The van der Waals surface area contributed by atoms with Gasteiger partial charge in [0.15, 0.2) is 0 Å². The molecule has 0 bridgehead atoms. The van der Waals surface area contributed by atoms with E-state index in [-0.39, 0.29) is 23.8 Å². The van der Waals surface area contributed by atoms with Crippen LogP contribution in [-0.2, 0) is 14.3 Å². The Morgan fingerprint density at radius 3 is 1.42 bits per heavy atom. The van der Waals surface area contributed by atoms with Crippen molar-refractivity contribution in [1.82, 2.24) is 0 Å². The predicted molar refractivity (Wildman–Crippen MR) is 69.0 cm³/mol. The van der Waals surface area contributed by atoms with Gasteiger partial charge in [-0.3, -0.25) is 9.59 Å². The molecule has 19 heavy (non-hydrogen) atoms. The van der Waals surface area contributed by atoms with Crippen molar-refractivity contribution in [3.8, 4) is 0 Å². The van der Waals surface area contributed by atoms with Crippen LogP contribution < -0.4 is 0 Å². The van der Waals surface area contributed by atoms with Crippen LogP contribution in [0.2, 0.25) is 0 Å². The molecule has 0 aromatic heterocycles. The Bertz CT molecular complexity index is 378. The molecule has 3 nitrogen and oxygen atoms in total. The van der Waals surface area contributed by atoms with Crippen LogP contribution in [0, 0.1) is 35.5 Å². The lowest BCUT2D eigenvalue weighted by atomic mass is 9.51. The number of carbonyl (C=O) groups is 2. The summed E-state index contributed by atoms with van der Waals surface area (Å²) < 4.78 is 5.03. The van der Waals surface area contributed by atoms with Crippen LogP contribution in [0.4, 0.5) is 0 Å². The SMILES string of the molecule is O=C1OC(=O)C2C3CCCCC3C3CCCCC3C12. The summed E-state index contributed by atoms with van der Waals surface area (Å²) in [6.07, 6.45) is 9.89. The zero-order valence-corrected chi connectivity index (χ0v) is 11.3. The van der Waals surface area contributed by atoms with Crippen molar-refractivity contribution in [2.24, 2.45) is 35.5 Å². The topological polar surface area (TPSA) is 43.4 Å². The molecule has 6 unspecified atom stereocenters. The molecule has 1 heterocycles. The molecule has 4 aliphatic rings. The summed E-state index contributed by atoms with van der Waals surface area (Å²) in [5, 5.41) is 0. The third-order valence-electron chi connectivity index (χ3n) is 6.35. The molecule has 0 aromatic carbocycles. The number of hydrogen-bond donors (Lipinski definition) is 0. The molecule has 3 aliphatic carbocycles. The Morgan fingerprint density at radius 2 is 1.00 bits per heavy atom. The monoisotopic (exact) mass is 262 g/mol. The fourth-order valence-corrected chi connectivity index (χ4v) is 5.74. The fourth-order valence-electron chi connectivity index (χ4n) is 5.74. The molecule has 6 atom stereocenters. The molecular weight excluding hydrogens is 240 g/mol. The van der Waals surface area contributed by atoms with Crippen LogP contribution in [0.15, 0.2) is 0 Å². The number of carbonyl (C=O) groups excluding carboxylic acids is 2. The van der Waals surface area contributed by atoms with Gasteiger partial charge in [0.25, 0.3) is 0 Å². The van der Waals surface area contributed by atoms with Gasteiger partial charge < -0.3 is 4.74 Å². The van der Waals surface area contributed by atoms with Gasteiger partial charge in [0.05, 0.1) is 11.8 Å². The number of hydrogen-bond acceptors (Lipinski definition) is 3. The van der Waals surface area contributed by atoms with E-state index in [4.69, 9.17) is 4.74 Å². The molecule has 0 amide bonds. The highest BCUT2D eigenvalue weighted by atomic mass is 16.6. The van der Waals surface area contributed by atoms with Crippen LogP contribution in [0.5, 0.6) is 0 Å². The minimum atomic E-state index is -0.198. The standard InChI is InChI=1S/C16H22O3/c17-15-13-11-7-3-1-5-9(11)10-6-2-4-8-12(10)14(13)16(18)19-15/h9-14H,1-8H2. The number of ether oxygens (including phenoxy) is 1. The lowest BCUT2D eigenvalue weighted by Gasteiger charge is -2.51. The van der Waals surface area contributed by atoms with E-state index in [0.29, 0.717) is 23.7 Å². The molecule has 0 spiro atoms. The molecular formula is C16H22O3. The van der Waals surface area contributed by atoms with Crippen molar-refractivity contribution in [3.63, 3.8) is 0 Å². The second-order valence-electron chi connectivity index (χ2n) is 7.02. The van der Waals surface area contributed by atoms with Crippen LogP contribution in [0.3, 0.4) is 0 Å². The molecule has 0 N–H and O–H groups in total. The van der Waals surface area contributed by atoms with Gasteiger partial charge in [-0.15, -0.1) is 0 Å². The van der Waals surface area contributed by atoms with E-state index in [1.807, 2.05) is 0 Å². The first-order valence-electron chi connectivity index (χ1n) is 8.03. The summed E-state index contributed by atoms with van der Waals surface area (Å²) in [4.78, 5) is 24.2. The average Bonchev–Trinajstić information content (AvgIpc) is 2.75. The van der Waals surface area contributed by atoms with Gasteiger partial charge in [-0.05, 0) is 49.4 Å². The smallest absolute Gasteiger partial charge is 0.317 e. The maximum Gasteiger partial charge on any atom is 0.317 e. The van der Waals surface area contributed by atoms with Gasteiger partial charge in [-0.1, -0.05) is 25.7 Å². The first kappa shape index (κ1) is 11.9. The molecule has 0 aromatic rings.